The Bertz CT molecular complexity index is 2110. The molecule has 0 radical (unpaired) electrons. The van der Waals surface area contributed by atoms with Gasteiger partial charge in [-0.1, -0.05) is 72.8 Å². The number of carbonyl (C=O) groups is 8. The van der Waals surface area contributed by atoms with Gasteiger partial charge in [0, 0.05) is 25.7 Å². The van der Waals surface area contributed by atoms with Crippen molar-refractivity contribution in [1.29, 1.82) is 0 Å². The molecule has 0 fully saturated rings. The van der Waals surface area contributed by atoms with E-state index in [1.807, 2.05) is 5.43 Å². The van der Waals surface area contributed by atoms with Crippen molar-refractivity contribution in [1.82, 2.24) is 37.3 Å². The summed E-state index contributed by atoms with van der Waals surface area (Å²) in [6, 6.07) is 13.6. The van der Waals surface area contributed by atoms with Crippen LogP contribution in [-0.2, 0) is 57.6 Å². The Kier molecular flexibility index (Phi) is 22.0. The maximum Gasteiger partial charge on any atom is 0.326 e. The van der Waals surface area contributed by atoms with Gasteiger partial charge >= 0.3 is 5.97 Å². The minimum atomic E-state index is -1.70. The van der Waals surface area contributed by atoms with Crippen LogP contribution in [0.5, 0.6) is 5.75 Å². The van der Waals surface area contributed by atoms with Gasteiger partial charge in [0.25, 0.3) is 0 Å². The molecule has 0 unspecified atom stereocenters. The lowest BCUT2D eigenvalue weighted by molar-refractivity contribution is -0.548. The highest BCUT2D eigenvalue weighted by Crippen LogP contribution is 2.13. The Balaban J connectivity index is 1.75. The molecule has 3 rings (SSSR count). The normalized spacial score (nSPS) is 13.5. The summed E-state index contributed by atoms with van der Waals surface area (Å²) in [5.74, 6) is -8.03. The number of nitrogens with one attached hydrogen (secondary N) is 7. The number of phenolic OH excluding ortho intramolecular Hbond substituents is 1. The molecule has 3 aromatic carbocycles. The maximum absolute atomic E-state index is 14.0. The maximum atomic E-state index is 14.0. The number of nitro groups is 1. The molecule has 0 aliphatic rings. The minimum Gasteiger partial charge on any atom is -0.508 e. The van der Waals surface area contributed by atoms with Crippen LogP contribution >= 0.6 is 0 Å². The number of rotatable bonds is 29. The zero-order valence-electron chi connectivity index (χ0n) is 35.9. The lowest BCUT2D eigenvalue weighted by Crippen LogP contribution is -2.59. The molecule has 0 aliphatic heterocycles. The number of primary amides is 1. The number of aliphatic hydroxyl groups excluding tert-OH is 1. The van der Waals surface area contributed by atoms with Gasteiger partial charge in [0.15, 0.2) is 11.1 Å². The Morgan fingerprint density at radius 1 is 0.591 bits per heavy atom. The summed E-state index contributed by atoms with van der Waals surface area (Å²) in [5.41, 5.74) is 14.2. The van der Waals surface area contributed by atoms with E-state index in [0.29, 0.717) is 36.1 Å². The average molecular weight is 921 g/mol. The molecular weight excluding hydrogens is 865 g/mol. The number of phenols is 1. The molecule has 0 saturated heterocycles. The van der Waals surface area contributed by atoms with E-state index < -0.39 is 108 Å². The van der Waals surface area contributed by atoms with E-state index in [-0.39, 0.29) is 37.9 Å². The molecular formula is C43H56N10O13. The summed E-state index contributed by atoms with van der Waals surface area (Å²) in [5, 5.41) is 54.2. The topological polar surface area (TPSA) is 377 Å². The fourth-order valence-corrected chi connectivity index (χ4v) is 6.43. The molecule has 0 spiro atoms. The smallest absolute Gasteiger partial charge is 0.326 e. The lowest BCUT2D eigenvalue weighted by atomic mass is 10.0. The average Bonchev–Trinajstić information content (AvgIpc) is 3.28. The Morgan fingerprint density at radius 3 is 1.55 bits per heavy atom. The molecule has 0 aromatic heterocycles. The molecule has 66 heavy (non-hydrogen) atoms. The van der Waals surface area contributed by atoms with Crippen LogP contribution in [-0.4, -0.2) is 124 Å². The Labute approximate surface area is 378 Å². The van der Waals surface area contributed by atoms with Crippen molar-refractivity contribution in [3.8, 4) is 5.75 Å². The number of hydrogen-bond donors (Lipinski definition) is 12. The minimum absolute atomic E-state index is 0.0656. The van der Waals surface area contributed by atoms with Crippen LogP contribution in [0.15, 0.2) is 84.9 Å². The van der Waals surface area contributed by atoms with Crippen LogP contribution < -0.4 is 48.8 Å². The number of unbranched alkanes of at least 4 members (excludes halogenated alkanes) is 1. The summed E-state index contributed by atoms with van der Waals surface area (Å²) >= 11 is 0. The number of hydrogen-bond acceptors (Lipinski definition) is 13. The molecule has 7 amide bonds. The first-order chi connectivity index (χ1) is 31.5. The second-order valence-corrected chi connectivity index (χ2v) is 15.1. The number of aliphatic carboxylic acids is 1. The highest BCUT2D eigenvalue weighted by molar-refractivity contribution is 5.96. The number of benzene rings is 3. The van der Waals surface area contributed by atoms with Crippen molar-refractivity contribution >= 4 is 47.3 Å². The monoisotopic (exact) mass is 920 g/mol. The van der Waals surface area contributed by atoms with E-state index in [1.165, 1.54) is 24.3 Å². The van der Waals surface area contributed by atoms with Crippen LogP contribution in [0.1, 0.15) is 48.8 Å². The fourth-order valence-electron chi connectivity index (χ4n) is 6.43. The number of carbonyl (C=O) groups excluding carboxylic acids is 7. The summed E-state index contributed by atoms with van der Waals surface area (Å²) in [4.78, 5) is 116. The van der Waals surface area contributed by atoms with Gasteiger partial charge < -0.3 is 58.7 Å². The zero-order chi connectivity index (χ0) is 48.6. The second-order valence-electron chi connectivity index (χ2n) is 15.1. The van der Waals surface area contributed by atoms with Crippen molar-refractivity contribution < 1.29 is 58.7 Å². The number of carboxylic acid groups (broad SMARTS) is 1. The SMILES string of the molecule is NCCCC[C@H](NC(=O)[C@H](Cc1ccccc1)NC(=O)[C@H](Cc1ccccc1)NC(=O)[C@H](CO)NC(=O)CNC(=O)[C@H](CCC(N)=O)NC(=O)[C@H](Cc1ccc(O)cc1)N[N+](=O)[O-])C(=O)O. The molecule has 0 aliphatic carbocycles. The third-order valence-corrected chi connectivity index (χ3v) is 9.92. The van der Waals surface area contributed by atoms with E-state index in [1.54, 1.807) is 60.7 Å². The Morgan fingerprint density at radius 2 is 1.06 bits per heavy atom. The highest BCUT2D eigenvalue weighted by Gasteiger charge is 2.33. The highest BCUT2D eigenvalue weighted by atomic mass is 16.7. The molecule has 356 valence electrons. The van der Waals surface area contributed by atoms with Gasteiger partial charge in [0.1, 0.15) is 36.0 Å². The van der Waals surface area contributed by atoms with Crippen molar-refractivity contribution in [2.75, 3.05) is 19.7 Å². The first-order valence-electron chi connectivity index (χ1n) is 20.9. The predicted octanol–water partition coefficient (Wildman–Crippen LogP) is -2.42. The predicted molar refractivity (Wildman–Crippen MR) is 235 cm³/mol. The number of hydrazine groups is 1. The van der Waals surface area contributed by atoms with Crippen molar-refractivity contribution in [2.45, 2.75) is 87.6 Å². The van der Waals surface area contributed by atoms with Crippen molar-refractivity contribution in [3.05, 3.63) is 112 Å². The van der Waals surface area contributed by atoms with Crippen LogP contribution in [0, 0.1) is 10.1 Å². The number of carboxylic acids is 1. The van der Waals surface area contributed by atoms with Gasteiger partial charge in [-0.2, -0.15) is 0 Å². The van der Waals surface area contributed by atoms with Gasteiger partial charge in [-0.3, -0.25) is 33.6 Å². The van der Waals surface area contributed by atoms with Crippen LogP contribution in [0.2, 0.25) is 0 Å². The first-order valence-corrected chi connectivity index (χ1v) is 20.9. The molecule has 23 heteroatoms. The lowest BCUT2D eigenvalue weighted by Gasteiger charge is -2.26. The molecule has 6 atom stereocenters. The van der Waals surface area contributed by atoms with Crippen molar-refractivity contribution in [3.63, 3.8) is 0 Å². The zero-order valence-corrected chi connectivity index (χ0v) is 35.9. The summed E-state index contributed by atoms with van der Waals surface area (Å²) < 4.78 is 0. The van der Waals surface area contributed by atoms with E-state index >= 15 is 0 Å². The van der Waals surface area contributed by atoms with Gasteiger partial charge in [0.2, 0.25) is 41.4 Å². The number of nitrogens with zero attached hydrogens (tertiary/aromatic N) is 1. The van der Waals surface area contributed by atoms with E-state index in [2.05, 4.69) is 31.9 Å². The van der Waals surface area contributed by atoms with Gasteiger partial charge in [-0.25, -0.2) is 14.9 Å². The second kappa shape index (κ2) is 27.5. The molecule has 3 aromatic rings. The van der Waals surface area contributed by atoms with Crippen LogP contribution in [0.4, 0.5) is 0 Å². The van der Waals surface area contributed by atoms with E-state index in [4.69, 9.17) is 11.5 Å². The summed E-state index contributed by atoms with van der Waals surface area (Å²) in [6.07, 6.45) is -0.253. The quantitative estimate of drug-likeness (QED) is 0.0196. The molecule has 14 N–H and O–H groups in total. The van der Waals surface area contributed by atoms with Crippen LogP contribution in [0.25, 0.3) is 0 Å². The van der Waals surface area contributed by atoms with Gasteiger partial charge in [-0.05, 0) is 61.1 Å². The molecule has 0 saturated carbocycles. The number of aliphatic hydroxyl groups is 1. The number of amides is 7. The number of aromatic hydroxyl groups is 1. The Hall–Kier alpha value is -7.66. The molecule has 0 bridgehead atoms. The van der Waals surface area contributed by atoms with Gasteiger partial charge in [0.05, 0.1) is 13.2 Å². The molecule has 23 nitrogen and oxygen atoms in total. The summed E-state index contributed by atoms with van der Waals surface area (Å²) in [6.45, 7) is -1.52. The fraction of sp³-hybridized carbons (Fsp3) is 0.395. The number of nitrogens with two attached hydrogens (primary N) is 2. The molecule has 0 heterocycles. The van der Waals surface area contributed by atoms with Crippen LogP contribution in [0.3, 0.4) is 0 Å². The van der Waals surface area contributed by atoms with Gasteiger partial charge in [-0.15, -0.1) is 5.43 Å². The van der Waals surface area contributed by atoms with Crippen molar-refractivity contribution in [2.24, 2.45) is 11.5 Å². The summed E-state index contributed by atoms with van der Waals surface area (Å²) in [7, 11) is 0. The largest absolute Gasteiger partial charge is 0.508 e. The third-order valence-electron chi connectivity index (χ3n) is 9.92. The first kappa shape index (κ1) is 52.7. The van der Waals surface area contributed by atoms with E-state index in [9.17, 15) is 63.8 Å². The van der Waals surface area contributed by atoms with E-state index in [0.717, 1.165) is 0 Å². The standard InChI is InChI=1S/C43H56N10O13/c44-20-8-7-13-31(43(63)64)49-39(59)32(21-26-9-3-1-4-10-26)50-40(60)33(22-27-11-5-2-6-12-27)51-42(62)35(25-54)47-37(57)24-46-38(58)30(18-19-36(45)56)48-41(61)34(52-53(65)66)23-28-14-16-29(55)17-15-28/h1-6,9-12,14-17,30-35,52,54-55H,7-8,13,18-25,44H2,(H2,45,56)(H,46,58)(H,47,57)(H,48,61)(H,49,59)(H,50,60)(H,51,62)(H,63,64)/t30-,31-,32-,33-,34-,35-/m0/s1. The third kappa shape index (κ3) is 19.0.